The third kappa shape index (κ3) is 4.50. The van der Waals surface area contributed by atoms with E-state index >= 15 is 0 Å². The summed E-state index contributed by atoms with van der Waals surface area (Å²) < 4.78 is 0. The van der Waals surface area contributed by atoms with Gasteiger partial charge in [0.25, 0.3) is 0 Å². The van der Waals surface area contributed by atoms with Crippen molar-refractivity contribution in [2.75, 3.05) is 25.0 Å². The van der Waals surface area contributed by atoms with Crippen LogP contribution in [0.1, 0.15) is 5.56 Å². The van der Waals surface area contributed by atoms with Gasteiger partial charge in [-0.05, 0) is 18.2 Å². The van der Waals surface area contributed by atoms with Crippen molar-refractivity contribution >= 4 is 23.6 Å². The number of nitriles is 1. The summed E-state index contributed by atoms with van der Waals surface area (Å²) >= 11 is 0. The number of nitrogens with zero attached hydrogens (tertiary/aromatic N) is 3. The quantitative estimate of drug-likeness (QED) is 0.788. The lowest BCUT2D eigenvalue weighted by Crippen LogP contribution is -2.47. The maximum atomic E-state index is 12.2. The molecule has 0 atom stereocenters. The van der Waals surface area contributed by atoms with E-state index < -0.39 is 31.0 Å². The first kappa shape index (κ1) is 16.0. The van der Waals surface area contributed by atoms with Crippen LogP contribution in [0.3, 0.4) is 0 Å². The van der Waals surface area contributed by atoms with E-state index in [-0.39, 0.29) is 0 Å². The van der Waals surface area contributed by atoms with E-state index in [1.54, 1.807) is 18.2 Å². The first-order valence-corrected chi connectivity index (χ1v) is 5.88. The van der Waals surface area contributed by atoms with Crippen LogP contribution in [0.15, 0.2) is 24.3 Å². The number of amides is 3. The molecule has 0 aliphatic heterocycles. The van der Waals surface area contributed by atoms with Gasteiger partial charge in [0.1, 0.15) is 13.1 Å². The summed E-state index contributed by atoms with van der Waals surface area (Å²) in [5.74, 6) is -2.08. The number of anilines is 1. The zero-order chi connectivity index (χ0) is 16.0. The molecule has 0 bridgehead atoms. The molecule has 8 heteroatoms. The normalized spacial score (nSPS) is 9.52. The van der Waals surface area contributed by atoms with Crippen LogP contribution in [0.2, 0.25) is 0 Å². The summed E-state index contributed by atoms with van der Waals surface area (Å²) in [6.07, 6.45) is 0. The summed E-state index contributed by atoms with van der Waals surface area (Å²) in [7, 11) is 1.41. The SMILES string of the molecule is CN(C(=O)N(CC(N)=O)CC(=O)O)c1cccc(C#N)c1. The van der Waals surface area contributed by atoms with Crippen LogP contribution in [-0.2, 0) is 9.59 Å². The van der Waals surface area contributed by atoms with Crippen LogP contribution in [0.5, 0.6) is 0 Å². The van der Waals surface area contributed by atoms with Crippen molar-refractivity contribution in [3.63, 3.8) is 0 Å². The van der Waals surface area contributed by atoms with Gasteiger partial charge in [0, 0.05) is 12.7 Å². The topological polar surface area (TPSA) is 128 Å². The molecule has 1 aromatic rings. The molecule has 1 rings (SSSR count). The van der Waals surface area contributed by atoms with Crippen molar-refractivity contribution < 1.29 is 19.5 Å². The largest absolute Gasteiger partial charge is 0.480 e. The van der Waals surface area contributed by atoms with Crippen LogP contribution < -0.4 is 10.6 Å². The van der Waals surface area contributed by atoms with Crippen molar-refractivity contribution in [2.24, 2.45) is 5.73 Å². The molecule has 0 spiro atoms. The van der Waals surface area contributed by atoms with E-state index in [0.29, 0.717) is 11.3 Å². The van der Waals surface area contributed by atoms with E-state index in [4.69, 9.17) is 16.1 Å². The minimum absolute atomic E-state index is 0.354. The van der Waals surface area contributed by atoms with E-state index in [9.17, 15) is 14.4 Å². The summed E-state index contributed by atoms with van der Waals surface area (Å²) in [4.78, 5) is 35.8. The highest BCUT2D eigenvalue weighted by Gasteiger charge is 2.23. The Balaban J connectivity index is 2.98. The third-order valence-electron chi connectivity index (χ3n) is 2.59. The van der Waals surface area contributed by atoms with E-state index in [1.165, 1.54) is 13.1 Å². The highest BCUT2D eigenvalue weighted by Crippen LogP contribution is 2.16. The molecular weight excluding hydrogens is 276 g/mol. The number of hydrogen-bond donors (Lipinski definition) is 2. The van der Waals surface area contributed by atoms with Gasteiger partial charge in [-0.25, -0.2) is 4.79 Å². The lowest BCUT2D eigenvalue weighted by Gasteiger charge is -2.26. The monoisotopic (exact) mass is 290 g/mol. The molecule has 0 saturated carbocycles. The molecule has 21 heavy (non-hydrogen) atoms. The molecule has 1 aromatic carbocycles. The average Bonchev–Trinajstić information content (AvgIpc) is 2.44. The predicted molar refractivity (Wildman–Crippen MR) is 73.4 cm³/mol. The van der Waals surface area contributed by atoms with Gasteiger partial charge in [0.05, 0.1) is 11.6 Å². The summed E-state index contributed by atoms with van der Waals surface area (Å²) in [6, 6.07) is 7.45. The Kier molecular flexibility index (Phi) is 5.25. The average molecular weight is 290 g/mol. The molecule has 0 aromatic heterocycles. The Morgan fingerprint density at radius 1 is 1.33 bits per heavy atom. The second-order valence-electron chi connectivity index (χ2n) is 4.22. The standard InChI is InChI=1S/C13H14N4O4/c1-16(10-4-2-3-9(5-10)6-14)13(21)17(7-11(15)18)8-12(19)20/h2-5H,7-8H2,1H3,(H2,15,18)(H,19,20). The van der Waals surface area contributed by atoms with Gasteiger partial charge in [-0.1, -0.05) is 6.07 Å². The minimum Gasteiger partial charge on any atom is -0.480 e. The van der Waals surface area contributed by atoms with Crippen molar-refractivity contribution in [2.45, 2.75) is 0 Å². The zero-order valence-corrected chi connectivity index (χ0v) is 11.3. The zero-order valence-electron chi connectivity index (χ0n) is 11.3. The molecule has 0 unspecified atom stereocenters. The second-order valence-corrected chi connectivity index (χ2v) is 4.22. The molecule has 3 N–H and O–H groups in total. The highest BCUT2D eigenvalue weighted by atomic mass is 16.4. The lowest BCUT2D eigenvalue weighted by atomic mass is 10.2. The van der Waals surface area contributed by atoms with Crippen LogP contribution >= 0.6 is 0 Å². The van der Waals surface area contributed by atoms with Gasteiger partial charge in [-0.3, -0.25) is 14.5 Å². The van der Waals surface area contributed by atoms with Gasteiger partial charge in [-0.15, -0.1) is 0 Å². The second kappa shape index (κ2) is 6.91. The van der Waals surface area contributed by atoms with Gasteiger partial charge >= 0.3 is 12.0 Å². The number of carbonyl (C=O) groups is 3. The Bertz CT molecular complexity index is 592. The van der Waals surface area contributed by atoms with Gasteiger partial charge in [-0.2, -0.15) is 5.26 Å². The van der Waals surface area contributed by atoms with Crippen LogP contribution in [0.25, 0.3) is 0 Å². The number of carboxylic acid groups (broad SMARTS) is 1. The number of carbonyl (C=O) groups excluding carboxylic acids is 2. The lowest BCUT2D eigenvalue weighted by molar-refractivity contribution is -0.137. The first-order chi connectivity index (χ1) is 9.85. The van der Waals surface area contributed by atoms with Crippen molar-refractivity contribution in [1.29, 1.82) is 5.26 Å². The fourth-order valence-corrected chi connectivity index (χ4v) is 1.65. The van der Waals surface area contributed by atoms with Gasteiger partial charge in [0.2, 0.25) is 5.91 Å². The summed E-state index contributed by atoms with van der Waals surface area (Å²) in [5.41, 5.74) is 5.76. The number of benzene rings is 1. The van der Waals surface area contributed by atoms with Crippen LogP contribution in [-0.4, -0.2) is 48.1 Å². The predicted octanol–water partition coefficient (Wildman–Crippen LogP) is -0.0136. The van der Waals surface area contributed by atoms with E-state index in [1.807, 2.05) is 6.07 Å². The molecule has 0 saturated heterocycles. The Hall–Kier alpha value is -3.08. The number of hydrogen-bond acceptors (Lipinski definition) is 4. The number of urea groups is 1. The number of rotatable bonds is 5. The molecule has 0 radical (unpaired) electrons. The summed E-state index contributed by atoms with van der Waals surface area (Å²) in [5, 5.41) is 17.6. The Labute approximate surface area is 121 Å². The molecular formula is C13H14N4O4. The van der Waals surface area contributed by atoms with E-state index in [2.05, 4.69) is 0 Å². The third-order valence-corrected chi connectivity index (χ3v) is 2.59. The molecule has 0 aliphatic rings. The van der Waals surface area contributed by atoms with E-state index in [0.717, 1.165) is 9.80 Å². The molecule has 3 amide bonds. The van der Waals surface area contributed by atoms with Crippen molar-refractivity contribution in [3.8, 4) is 6.07 Å². The fraction of sp³-hybridized carbons (Fsp3) is 0.231. The van der Waals surface area contributed by atoms with Gasteiger partial charge in [0.15, 0.2) is 0 Å². The van der Waals surface area contributed by atoms with Crippen LogP contribution in [0.4, 0.5) is 10.5 Å². The fourth-order valence-electron chi connectivity index (χ4n) is 1.65. The number of nitrogens with two attached hydrogens (primary N) is 1. The molecule has 0 aliphatic carbocycles. The molecule has 8 nitrogen and oxygen atoms in total. The highest BCUT2D eigenvalue weighted by molar-refractivity contribution is 5.95. The minimum atomic E-state index is -1.26. The maximum absolute atomic E-state index is 12.2. The van der Waals surface area contributed by atoms with Crippen LogP contribution in [0, 0.1) is 11.3 Å². The van der Waals surface area contributed by atoms with Crippen molar-refractivity contribution in [1.82, 2.24) is 4.90 Å². The van der Waals surface area contributed by atoms with Crippen molar-refractivity contribution in [3.05, 3.63) is 29.8 Å². The summed E-state index contributed by atoms with van der Waals surface area (Å²) in [6.45, 7) is -1.16. The maximum Gasteiger partial charge on any atom is 0.325 e. The molecule has 110 valence electrons. The Morgan fingerprint density at radius 2 is 2.00 bits per heavy atom. The molecule has 0 heterocycles. The smallest absolute Gasteiger partial charge is 0.325 e. The number of primary amides is 1. The first-order valence-electron chi connectivity index (χ1n) is 5.88. The number of carboxylic acids is 1. The number of aliphatic carboxylic acids is 1. The van der Waals surface area contributed by atoms with Gasteiger partial charge < -0.3 is 15.7 Å². The Morgan fingerprint density at radius 3 is 2.52 bits per heavy atom. The molecule has 0 fully saturated rings.